The Bertz CT molecular complexity index is 3140. The van der Waals surface area contributed by atoms with Crippen LogP contribution < -0.4 is 0 Å². The number of hydrogen-bond acceptors (Lipinski definition) is 0. The average molecular weight is 695 g/mol. The van der Waals surface area contributed by atoms with Crippen molar-refractivity contribution in [3.63, 3.8) is 0 Å². The fourth-order valence-electron chi connectivity index (χ4n) is 9.80. The van der Waals surface area contributed by atoms with Crippen molar-refractivity contribution in [2.75, 3.05) is 0 Å². The molecule has 11 rings (SSSR count). The third-order valence-electron chi connectivity index (χ3n) is 12.7. The van der Waals surface area contributed by atoms with Crippen LogP contribution in [-0.2, 0) is 10.8 Å². The Labute approximate surface area is 315 Å². The number of rotatable bonds is 3. The molecule has 0 unspecified atom stereocenters. The molecule has 54 heavy (non-hydrogen) atoms. The summed E-state index contributed by atoms with van der Waals surface area (Å²) in [6, 6.07) is 58.9. The van der Waals surface area contributed by atoms with Gasteiger partial charge in [-0.1, -0.05) is 137 Å². The van der Waals surface area contributed by atoms with Crippen molar-refractivity contribution in [2.24, 2.45) is 0 Å². The van der Waals surface area contributed by atoms with E-state index in [-0.39, 0.29) is 10.8 Å². The van der Waals surface area contributed by atoms with E-state index in [1.165, 1.54) is 112 Å². The predicted molar refractivity (Wildman–Crippen MR) is 231 cm³/mol. The Kier molecular flexibility index (Phi) is 6.51. The molecule has 2 heteroatoms. The topological polar surface area (TPSA) is 9.86 Å². The molecule has 0 amide bonds. The van der Waals surface area contributed by atoms with E-state index in [0.29, 0.717) is 0 Å². The molecule has 10 aromatic rings. The smallest absolute Gasteiger partial charge is 0.0795 e. The molecule has 2 aromatic heterocycles. The summed E-state index contributed by atoms with van der Waals surface area (Å²) in [5.74, 6) is 0. The van der Waals surface area contributed by atoms with Gasteiger partial charge in [0.05, 0.1) is 22.1 Å². The lowest BCUT2D eigenvalue weighted by Crippen LogP contribution is -2.33. The first-order valence-corrected chi connectivity index (χ1v) is 19.4. The fraction of sp³-hybridized carbons (Fsp3) is 0.154. The lowest BCUT2D eigenvalue weighted by atomic mass is 9.63. The van der Waals surface area contributed by atoms with Crippen LogP contribution in [0.5, 0.6) is 0 Å². The highest BCUT2D eigenvalue weighted by molar-refractivity contribution is 6.36. The van der Waals surface area contributed by atoms with Crippen molar-refractivity contribution in [2.45, 2.75) is 51.4 Å². The number of aromatic nitrogens is 2. The van der Waals surface area contributed by atoms with Crippen LogP contribution in [0.15, 0.2) is 158 Å². The molecule has 2 nitrogen and oxygen atoms in total. The van der Waals surface area contributed by atoms with Crippen LogP contribution in [0.4, 0.5) is 0 Å². The summed E-state index contributed by atoms with van der Waals surface area (Å²) in [7, 11) is 0. The normalized spacial score (nSPS) is 15.2. The second-order valence-electron chi connectivity index (χ2n) is 16.8. The van der Waals surface area contributed by atoms with Gasteiger partial charge in [-0.3, -0.25) is 0 Å². The molecule has 1 aliphatic rings. The van der Waals surface area contributed by atoms with Gasteiger partial charge in [-0.25, -0.2) is 0 Å². The van der Waals surface area contributed by atoms with E-state index in [1.54, 1.807) is 0 Å². The number of fused-ring (bicyclic) bond motifs is 12. The monoisotopic (exact) mass is 694 g/mol. The summed E-state index contributed by atoms with van der Waals surface area (Å²) in [5.41, 5.74) is 13.0. The fourth-order valence-corrected chi connectivity index (χ4v) is 9.80. The maximum Gasteiger partial charge on any atom is 0.0795 e. The third-order valence-corrected chi connectivity index (χ3v) is 12.7. The highest BCUT2D eigenvalue weighted by Gasteiger charge is 2.38. The molecule has 0 saturated carbocycles. The van der Waals surface area contributed by atoms with Gasteiger partial charge in [0.1, 0.15) is 0 Å². The zero-order chi connectivity index (χ0) is 36.3. The van der Waals surface area contributed by atoms with E-state index < -0.39 is 0 Å². The molecule has 0 radical (unpaired) electrons. The number of nitrogens with zero attached hydrogens (tertiary/aromatic N) is 2. The van der Waals surface area contributed by atoms with Gasteiger partial charge in [0.2, 0.25) is 0 Å². The molecule has 260 valence electrons. The van der Waals surface area contributed by atoms with Crippen molar-refractivity contribution in [3.8, 4) is 22.5 Å². The van der Waals surface area contributed by atoms with Gasteiger partial charge in [0.15, 0.2) is 0 Å². The molecule has 0 aliphatic heterocycles. The predicted octanol–water partition coefficient (Wildman–Crippen LogP) is 14.2. The largest absolute Gasteiger partial charge is 0.307 e. The highest BCUT2D eigenvalue weighted by Crippen LogP contribution is 2.51. The quantitative estimate of drug-likeness (QED) is 0.174. The van der Waals surface area contributed by atoms with Crippen LogP contribution in [0.2, 0.25) is 0 Å². The number of hydrogen-bond donors (Lipinski definition) is 0. The SMILES string of the molecule is CC1(C)CCC(C)(C)c2cc3c(cc21)c1c2ccccc2c2c4ccccc4n(-c4ccc5cc(-c6ccccc6)ccc5c4)c2c1n3-c1ccccc1. The Hall–Kier alpha value is -6.12. The lowest BCUT2D eigenvalue weighted by Gasteiger charge is -2.42. The summed E-state index contributed by atoms with van der Waals surface area (Å²) >= 11 is 0. The van der Waals surface area contributed by atoms with Crippen molar-refractivity contribution < 1.29 is 0 Å². The van der Waals surface area contributed by atoms with E-state index in [2.05, 4.69) is 195 Å². The van der Waals surface area contributed by atoms with Crippen LogP contribution in [0.25, 0.3) is 87.7 Å². The zero-order valence-corrected chi connectivity index (χ0v) is 31.3. The van der Waals surface area contributed by atoms with Gasteiger partial charge in [-0.15, -0.1) is 0 Å². The van der Waals surface area contributed by atoms with Crippen LogP contribution in [-0.4, -0.2) is 9.13 Å². The summed E-state index contributed by atoms with van der Waals surface area (Å²) in [5, 5.41) is 10.3. The number of para-hydroxylation sites is 2. The molecule has 1 aliphatic carbocycles. The maximum absolute atomic E-state index is 2.58. The van der Waals surface area contributed by atoms with Gasteiger partial charge >= 0.3 is 0 Å². The standard InChI is InChI=1S/C52H42N2/c1-51(2)27-28-52(3,4)44-32-46-42(31-43(44)51)48-40-20-12-11-19-39(40)47-41-21-13-14-22-45(41)54(49(47)50(48)53(46)37-17-9-6-10-18-37)38-26-25-35-29-34(23-24-36(35)30-38)33-15-7-5-8-16-33/h5-26,29-32H,27-28H2,1-4H3. The molecule has 2 heterocycles. The summed E-state index contributed by atoms with van der Waals surface area (Å²) in [6.45, 7) is 9.77. The van der Waals surface area contributed by atoms with Crippen molar-refractivity contribution in [1.82, 2.24) is 9.13 Å². The second-order valence-corrected chi connectivity index (χ2v) is 16.8. The molecular weight excluding hydrogens is 653 g/mol. The molecule has 0 saturated heterocycles. The van der Waals surface area contributed by atoms with E-state index in [9.17, 15) is 0 Å². The Balaban J connectivity index is 1.34. The first-order chi connectivity index (χ1) is 26.3. The lowest BCUT2D eigenvalue weighted by molar-refractivity contribution is 0.332. The van der Waals surface area contributed by atoms with Crippen LogP contribution >= 0.6 is 0 Å². The Morgan fingerprint density at radius 2 is 0.926 bits per heavy atom. The third kappa shape index (κ3) is 4.40. The van der Waals surface area contributed by atoms with Crippen molar-refractivity contribution in [1.29, 1.82) is 0 Å². The van der Waals surface area contributed by atoms with Crippen LogP contribution in [0.3, 0.4) is 0 Å². The van der Waals surface area contributed by atoms with Gasteiger partial charge in [0, 0.05) is 32.9 Å². The maximum atomic E-state index is 2.58. The van der Waals surface area contributed by atoms with E-state index in [1.807, 2.05) is 0 Å². The highest BCUT2D eigenvalue weighted by atomic mass is 15.0. The van der Waals surface area contributed by atoms with Crippen LogP contribution in [0.1, 0.15) is 51.7 Å². The summed E-state index contributed by atoms with van der Waals surface area (Å²) in [6.07, 6.45) is 2.37. The minimum Gasteiger partial charge on any atom is -0.307 e. The minimum atomic E-state index is 0.0920. The summed E-state index contributed by atoms with van der Waals surface area (Å²) in [4.78, 5) is 0. The zero-order valence-electron chi connectivity index (χ0n) is 31.3. The van der Waals surface area contributed by atoms with Gasteiger partial charge in [-0.05, 0) is 116 Å². The van der Waals surface area contributed by atoms with E-state index in [0.717, 1.165) is 0 Å². The van der Waals surface area contributed by atoms with Crippen molar-refractivity contribution >= 4 is 65.2 Å². The molecule has 8 aromatic carbocycles. The molecule has 0 spiro atoms. The van der Waals surface area contributed by atoms with Crippen molar-refractivity contribution in [3.05, 3.63) is 169 Å². The second kappa shape index (κ2) is 11.2. The molecule has 0 atom stereocenters. The molecular formula is C52H42N2. The minimum absolute atomic E-state index is 0.0920. The first-order valence-electron chi connectivity index (χ1n) is 19.4. The van der Waals surface area contributed by atoms with Gasteiger partial charge in [0.25, 0.3) is 0 Å². The first kappa shape index (κ1) is 31.4. The molecule has 0 fully saturated rings. The Morgan fingerprint density at radius 1 is 0.389 bits per heavy atom. The van der Waals surface area contributed by atoms with Crippen LogP contribution in [0, 0.1) is 0 Å². The average Bonchev–Trinajstić information content (AvgIpc) is 3.73. The molecule has 0 bridgehead atoms. The summed E-state index contributed by atoms with van der Waals surface area (Å²) < 4.78 is 5.13. The number of benzene rings is 8. The van der Waals surface area contributed by atoms with E-state index >= 15 is 0 Å². The van der Waals surface area contributed by atoms with Gasteiger partial charge < -0.3 is 9.13 Å². The molecule has 0 N–H and O–H groups in total. The Morgan fingerprint density at radius 3 is 1.63 bits per heavy atom. The van der Waals surface area contributed by atoms with E-state index in [4.69, 9.17) is 0 Å². The van der Waals surface area contributed by atoms with Gasteiger partial charge in [-0.2, -0.15) is 0 Å².